The predicted octanol–water partition coefficient (Wildman–Crippen LogP) is 1.53. The van der Waals surface area contributed by atoms with E-state index in [-0.39, 0.29) is 11.9 Å². The Bertz CT molecular complexity index is 283. The molecule has 3 N–H and O–H groups in total. The summed E-state index contributed by atoms with van der Waals surface area (Å²) in [5.41, 5.74) is 5.53. The molecule has 15 heavy (non-hydrogen) atoms. The summed E-state index contributed by atoms with van der Waals surface area (Å²) >= 11 is 1.74. The molecule has 1 atom stereocenters. The first kappa shape index (κ1) is 12.2. The lowest BCUT2D eigenvalue weighted by Crippen LogP contribution is -2.35. The van der Waals surface area contributed by atoms with Crippen LogP contribution in [-0.4, -0.2) is 18.5 Å². The van der Waals surface area contributed by atoms with Gasteiger partial charge in [0.1, 0.15) is 0 Å². The summed E-state index contributed by atoms with van der Waals surface area (Å²) in [6.07, 6.45) is 2.49. The highest BCUT2D eigenvalue weighted by Crippen LogP contribution is 2.11. The molecule has 0 aromatic carbocycles. The molecular formula is C11H18N2OS. The third kappa shape index (κ3) is 5.54. The molecule has 0 spiro atoms. The summed E-state index contributed by atoms with van der Waals surface area (Å²) in [6, 6.07) is 4.17. The van der Waals surface area contributed by atoms with Gasteiger partial charge in [0.2, 0.25) is 5.91 Å². The molecule has 0 bridgehead atoms. The Balaban J connectivity index is 2.07. The van der Waals surface area contributed by atoms with E-state index in [2.05, 4.69) is 16.8 Å². The number of amides is 1. The Morgan fingerprint density at radius 2 is 2.47 bits per heavy atom. The van der Waals surface area contributed by atoms with Crippen molar-refractivity contribution in [2.24, 2.45) is 5.73 Å². The van der Waals surface area contributed by atoms with Crippen LogP contribution in [0.3, 0.4) is 0 Å². The van der Waals surface area contributed by atoms with E-state index in [1.807, 2.05) is 13.0 Å². The fraction of sp³-hybridized carbons (Fsp3) is 0.545. The van der Waals surface area contributed by atoms with Crippen molar-refractivity contribution < 1.29 is 4.79 Å². The van der Waals surface area contributed by atoms with E-state index in [0.29, 0.717) is 13.0 Å². The number of nitrogens with two attached hydrogens (primary N) is 1. The molecular weight excluding hydrogens is 208 g/mol. The Labute approximate surface area is 94.7 Å². The van der Waals surface area contributed by atoms with Crippen LogP contribution in [0.5, 0.6) is 0 Å². The summed E-state index contributed by atoms with van der Waals surface area (Å²) in [4.78, 5) is 12.7. The number of carbonyl (C=O) groups excluding carboxylic acids is 1. The lowest BCUT2D eigenvalue weighted by molar-refractivity contribution is -0.121. The zero-order chi connectivity index (χ0) is 11.1. The summed E-state index contributed by atoms with van der Waals surface area (Å²) in [5, 5.41) is 4.86. The van der Waals surface area contributed by atoms with Gasteiger partial charge in [0.05, 0.1) is 0 Å². The van der Waals surface area contributed by atoms with Crippen LogP contribution in [0, 0.1) is 0 Å². The van der Waals surface area contributed by atoms with E-state index in [0.717, 1.165) is 12.8 Å². The zero-order valence-electron chi connectivity index (χ0n) is 9.03. The van der Waals surface area contributed by atoms with Crippen LogP contribution in [0.15, 0.2) is 17.5 Å². The lowest BCUT2D eigenvalue weighted by Gasteiger charge is -2.06. The minimum absolute atomic E-state index is 0.0336. The normalized spacial score (nSPS) is 12.4. The number of rotatable bonds is 6. The summed E-state index contributed by atoms with van der Waals surface area (Å²) < 4.78 is 0. The van der Waals surface area contributed by atoms with E-state index in [1.54, 1.807) is 11.3 Å². The zero-order valence-corrected chi connectivity index (χ0v) is 9.85. The van der Waals surface area contributed by atoms with Gasteiger partial charge < -0.3 is 11.1 Å². The van der Waals surface area contributed by atoms with Gasteiger partial charge in [0.25, 0.3) is 0 Å². The van der Waals surface area contributed by atoms with Gasteiger partial charge in [-0.2, -0.15) is 0 Å². The van der Waals surface area contributed by atoms with Crippen LogP contribution in [0.2, 0.25) is 0 Å². The third-order valence-electron chi connectivity index (χ3n) is 2.03. The number of hydrogen-bond acceptors (Lipinski definition) is 3. The molecule has 1 aromatic rings. The highest BCUT2D eigenvalue weighted by atomic mass is 32.1. The smallest absolute Gasteiger partial charge is 0.220 e. The molecule has 1 unspecified atom stereocenters. The molecule has 0 saturated heterocycles. The fourth-order valence-electron chi connectivity index (χ4n) is 1.24. The molecule has 0 fully saturated rings. The average Bonchev–Trinajstić information content (AvgIpc) is 2.67. The molecule has 0 aliphatic heterocycles. The minimum atomic E-state index is 0.0336. The van der Waals surface area contributed by atoms with Crippen LogP contribution < -0.4 is 11.1 Å². The standard InChI is InChI=1S/C11H18N2OS/c1-9(12)8-13-11(14)6-2-4-10-5-3-7-15-10/h3,5,7,9H,2,4,6,8,12H2,1H3,(H,13,14). The highest BCUT2D eigenvalue weighted by Gasteiger charge is 2.02. The summed E-state index contributed by atoms with van der Waals surface area (Å²) in [6.45, 7) is 2.45. The van der Waals surface area contributed by atoms with Gasteiger partial charge in [-0.25, -0.2) is 0 Å². The molecule has 1 rings (SSSR count). The van der Waals surface area contributed by atoms with Crippen molar-refractivity contribution in [1.29, 1.82) is 0 Å². The second kappa shape index (κ2) is 6.58. The van der Waals surface area contributed by atoms with E-state index < -0.39 is 0 Å². The van der Waals surface area contributed by atoms with Crippen molar-refractivity contribution in [3.8, 4) is 0 Å². The first-order chi connectivity index (χ1) is 7.18. The molecule has 4 heteroatoms. The second-order valence-electron chi connectivity index (χ2n) is 3.71. The summed E-state index contributed by atoms with van der Waals surface area (Å²) in [7, 11) is 0. The largest absolute Gasteiger partial charge is 0.355 e. The third-order valence-corrected chi connectivity index (χ3v) is 2.96. The maximum Gasteiger partial charge on any atom is 0.220 e. The van der Waals surface area contributed by atoms with Crippen molar-refractivity contribution >= 4 is 17.2 Å². The number of hydrogen-bond donors (Lipinski definition) is 2. The Morgan fingerprint density at radius 3 is 3.07 bits per heavy atom. The predicted molar refractivity (Wildman–Crippen MR) is 63.9 cm³/mol. The van der Waals surface area contributed by atoms with Crippen LogP contribution in [0.1, 0.15) is 24.6 Å². The van der Waals surface area contributed by atoms with Gasteiger partial charge in [0.15, 0.2) is 0 Å². The van der Waals surface area contributed by atoms with Crippen LogP contribution >= 0.6 is 11.3 Å². The molecule has 1 heterocycles. The number of aryl methyl sites for hydroxylation is 1. The van der Waals surface area contributed by atoms with Gasteiger partial charge in [-0.1, -0.05) is 6.07 Å². The van der Waals surface area contributed by atoms with Crippen molar-refractivity contribution in [3.63, 3.8) is 0 Å². The Kier molecular flexibility index (Phi) is 5.36. The van der Waals surface area contributed by atoms with E-state index in [1.165, 1.54) is 4.88 Å². The lowest BCUT2D eigenvalue weighted by atomic mass is 10.2. The van der Waals surface area contributed by atoms with Crippen molar-refractivity contribution in [1.82, 2.24) is 5.32 Å². The maximum absolute atomic E-state index is 11.3. The molecule has 1 aromatic heterocycles. The minimum Gasteiger partial charge on any atom is -0.355 e. The van der Waals surface area contributed by atoms with Crippen LogP contribution in [-0.2, 0) is 11.2 Å². The van der Waals surface area contributed by atoms with Crippen molar-refractivity contribution in [3.05, 3.63) is 22.4 Å². The number of thiophene rings is 1. The average molecular weight is 226 g/mol. The molecule has 84 valence electrons. The first-order valence-electron chi connectivity index (χ1n) is 5.23. The second-order valence-corrected chi connectivity index (χ2v) is 4.75. The van der Waals surface area contributed by atoms with Crippen molar-refractivity contribution in [2.75, 3.05) is 6.54 Å². The van der Waals surface area contributed by atoms with Crippen LogP contribution in [0.4, 0.5) is 0 Å². The number of nitrogens with one attached hydrogen (secondary N) is 1. The van der Waals surface area contributed by atoms with Gasteiger partial charge in [-0.05, 0) is 31.2 Å². The van der Waals surface area contributed by atoms with Crippen molar-refractivity contribution in [2.45, 2.75) is 32.2 Å². The van der Waals surface area contributed by atoms with Gasteiger partial charge in [0, 0.05) is 23.9 Å². The molecule has 0 aliphatic rings. The van der Waals surface area contributed by atoms with E-state index >= 15 is 0 Å². The van der Waals surface area contributed by atoms with Gasteiger partial charge in [-0.3, -0.25) is 4.79 Å². The topological polar surface area (TPSA) is 55.1 Å². The first-order valence-corrected chi connectivity index (χ1v) is 6.11. The molecule has 0 radical (unpaired) electrons. The van der Waals surface area contributed by atoms with Gasteiger partial charge in [-0.15, -0.1) is 11.3 Å². The molecule has 3 nitrogen and oxygen atoms in total. The SMILES string of the molecule is CC(N)CNC(=O)CCCc1cccs1. The maximum atomic E-state index is 11.3. The quantitative estimate of drug-likeness (QED) is 0.773. The number of carbonyl (C=O) groups is 1. The highest BCUT2D eigenvalue weighted by molar-refractivity contribution is 7.09. The van der Waals surface area contributed by atoms with Gasteiger partial charge >= 0.3 is 0 Å². The Morgan fingerprint density at radius 1 is 1.67 bits per heavy atom. The van der Waals surface area contributed by atoms with E-state index in [9.17, 15) is 4.79 Å². The Hall–Kier alpha value is -0.870. The summed E-state index contributed by atoms with van der Waals surface area (Å²) in [5.74, 6) is 0.101. The fourth-order valence-corrected chi connectivity index (χ4v) is 1.99. The molecule has 0 aliphatic carbocycles. The van der Waals surface area contributed by atoms with E-state index in [4.69, 9.17) is 5.73 Å². The monoisotopic (exact) mass is 226 g/mol. The molecule has 0 saturated carbocycles. The molecule has 1 amide bonds. The van der Waals surface area contributed by atoms with Crippen LogP contribution in [0.25, 0.3) is 0 Å².